The lowest BCUT2D eigenvalue weighted by molar-refractivity contribution is 0.673. The highest BCUT2D eigenvalue weighted by molar-refractivity contribution is 14.1. The first kappa shape index (κ1) is 12.5. The van der Waals surface area contributed by atoms with Crippen molar-refractivity contribution in [3.05, 3.63) is 70.3 Å². The highest BCUT2D eigenvalue weighted by Gasteiger charge is 2.15. The van der Waals surface area contributed by atoms with E-state index in [9.17, 15) is 0 Å². The molecular weight excluding hydrogens is 383 g/mol. The van der Waals surface area contributed by atoms with Crippen LogP contribution in [0.1, 0.15) is 0 Å². The lowest BCUT2D eigenvalue weighted by Crippen LogP contribution is -1.81. The van der Waals surface area contributed by atoms with Crippen molar-refractivity contribution >= 4 is 66.1 Å². The number of para-hydroxylation sites is 1. The molecule has 1 nitrogen and oxygen atoms in total. The lowest BCUT2D eigenvalue weighted by Gasteiger charge is -2.06. The van der Waals surface area contributed by atoms with E-state index in [0.29, 0.717) is 0 Å². The van der Waals surface area contributed by atoms with Gasteiger partial charge in [0.2, 0.25) is 0 Å². The van der Waals surface area contributed by atoms with Crippen molar-refractivity contribution in [2.75, 3.05) is 0 Å². The van der Waals surface area contributed by atoms with E-state index in [1.807, 2.05) is 12.1 Å². The Morgan fingerprint density at radius 1 is 0.636 bits per heavy atom. The molecule has 5 aromatic rings. The normalized spacial score (nSPS) is 11.9. The summed E-state index contributed by atoms with van der Waals surface area (Å²) in [5.74, 6) is 0. The topological polar surface area (TPSA) is 13.1 Å². The Kier molecular flexibility index (Phi) is 2.53. The maximum Gasteiger partial charge on any atom is 0.143 e. The fraction of sp³-hybridized carbons (Fsp3) is 0. The summed E-state index contributed by atoms with van der Waals surface area (Å²) >= 11 is 2.38. The standard InChI is InChI=1S/C20H11IO/c21-12-9-10-14-17(11-12)13-5-1-2-6-15(13)20-19(14)16-7-3-4-8-18(16)22-20/h1-11H. The second-order valence-corrected chi connectivity index (χ2v) is 6.78. The maximum atomic E-state index is 6.20. The van der Waals surface area contributed by atoms with Gasteiger partial charge in [-0.3, -0.25) is 0 Å². The second-order valence-electron chi connectivity index (χ2n) is 5.54. The van der Waals surface area contributed by atoms with Gasteiger partial charge < -0.3 is 4.42 Å². The highest BCUT2D eigenvalue weighted by Crippen LogP contribution is 2.40. The van der Waals surface area contributed by atoms with Gasteiger partial charge in [-0.1, -0.05) is 48.5 Å². The molecule has 0 aliphatic rings. The smallest absolute Gasteiger partial charge is 0.143 e. The van der Waals surface area contributed by atoms with Gasteiger partial charge in [0.25, 0.3) is 0 Å². The Morgan fingerprint density at radius 2 is 1.36 bits per heavy atom. The Labute approximate surface area is 140 Å². The van der Waals surface area contributed by atoms with Crippen LogP contribution in [0.4, 0.5) is 0 Å². The third-order valence-corrected chi connectivity index (χ3v) is 4.98. The van der Waals surface area contributed by atoms with Gasteiger partial charge in [-0.25, -0.2) is 0 Å². The molecule has 0 aliphatic heterocycles. The zero-order chi connectivity index (χ0) is 14.7. The van der Waals surface area contributed by atoms with Gasteiger partial charge in [0.05, 0.1) is 0 Å². The van der Waals surface area contributed by atoms with Crippen molar-refractivity contribution in [1.82, 2.24) is 0 Å². The minimum Gasteiger partial charge on any atom is -0.455 e. The summed E-state index contributed by atoms with van der Waals surface area (Å²) in [7, 11) is 0. The largest absolute Gasteiger partial charge is 0.455 e. The molecule has 0 amide bonds. The molecule has 0 spiro atoms. The highest BCUT2D eigenvalue weighted by atomic mass is 127. The SMILES string of the molecule is Ic1ccc2c(c1)c1ccccc1c1oc3ccccc3c21. The van der Waals surface area contributed by atoms with Crippen molar-refractivity contribution < 1.29 is 4.42 Å². The summed E-state index contributed by atoms with van der Waals surface area (Å²) in [5.41, 5.74) is 1.94. The average Bonchev–Trinajstić information content (AvgIpc) is 2.95. The molecule has 5 rings (SSSR count). The van der Waals surface area contributed by atoms with E-state index in [-0.39, 0.29) is 0 Å². The number of hydrogen-bond donors (Lipinski definition) is 0. The van der Waals surface area contributed by atoms with E-state index in [2.05, 4.69) is 77.2 Å². The summed E-state index contributed by atoms with van der Waals surface area (Å²) < 4.78 is 7.45. The van der Waals surface area contributed by atoms with Crippen LogP contribution in [0.25, 0.3) is 43.5 Å². The molecule has 0 bridgehead atoms. The van der Waals surface area contributed by atoms with Crippen LogP contribution in [0, 0.1) is 3.57 Å². The minimum absolute atomic E-state index is 0.953. The van der Waals surface area contributed by atoms with Crippen LogP contribution in [-0.4, -0.2) is 0 Å². The first-order valence-corrected chi connectivity index (χ1v) is 8.32. The monoisotopic (exact) mass is 394 g/mol. The Morgan fingerprint density at radius 3 is 2.23 bits per heavy atom. The Bertz CT molecular complexity index is 1180. The molecule has 0 N–H and O–H groups in total. The molecule has 22 heavy (non-hydrogen) atoms. The molecular formula is C20H11IO. The average molecular weight is 394 g/mol. The molecule has 0 radical (unpaired) electrons. The number of hydrogen-bond acceptors (Lipinski definition) is 1. The van der Waals surface area contributed by atoms with E-state index in [4.69, 9.17) is 4.42 Å². The van der Waals surface area contributed by atoms with Crippen molar-refractivity contribution in [2.45, 2.75) is 0 Å². The summed E-state index contributed by atoms with van der Waals surface area (Å²) in [6.07, 6.45) is 0. The van der Waals surface area contributed by atoms with Crippen molar-refractivity contribution in [3.63, 3.8) is 0 Å². The number of halogens is 1. The zero-order valence-electron chi connectivity index (χ0n) is 11.6. The number of furan rings is 1. The van der Waals surface area contributed by atoms with Crippen molar-refractivity contribution in [1.29, 1.82) is 0 Å². The molecule has 0 saturated carbocycles. The van der Waals surface area contributed by atoms with Crippen LogP contribution in [0.5, 0.6) is 0 Å². The minimum atomic E-state index is 0.953. The van der Waals surface area contributed by atoms with Gasteiger partial charge in [0.1, 0.15) is 11.2 Å². The van der Waals surface area contributed by atoms with Crippen molar-refractivity contribution in [3.8, 4) is 0 Å². The number of fused-ring (bicyclic) bond motifs is 8. The van der Waals surface area contributed by atoms with Crippen LogP contribution in [0.3, 0.4) is 0 Å². The summed E-state index contributed by atoms with van der Waals surface area (Å²) in [4.78, 5) is 0. The predicted molar refractivity (Wildman–Crippen MR) is 101 cm³/mol. The van der Waals surface area contributed by atoms with Crippen LogP contribution in [0.2, 0.25) is 0 Å². The molecule has 0 aliphatic carbocycles. The molecule has 1 heterocycles. The van der Waals surface area contributed by atoms with E-state index in [1.54, 1.807) is 0 Å². The Hall–Kier alpha value is -2.07. The molecule has 104 valence electrons. The first-order valence-electron chi connectivity index (χ1n) is 7.24. The van der Waals surface area contributed by atoms with Gasteiger partial charge >= 0.3 is 0 Å². The zero-order valence-corrected chi connectivity index (χ0v) is 13.8. The van der Waals surface area contributed by atoms with Crippen LogP contribution in [-0.2, 0) is 0 Å². The molecule has 0 unspecified atom stereocenters. The molecule has 1 aromatic heterocycles. The van der Waals surface area contributed by atoms with Crippen LogP contribution >= 0.6 is 22.6 Å². The first-order chi connectivity index (χ1) is 10.8. The van der Waals surface area contributed by atoms with Gasteiger partial charge in [-0.2, -0.15) is 0 Å². The van der Waals surface area contributed by atoms with Gasteiger partial charge in [0.15, 0.2) is 0 Å². The quantitative estimate of drug-likeness (QED) is 0.216. The van der Waals surface area contributed by atoms with Gasteiger partial charge in [-0.05, 0) is 56.9 Å². The fourth-order valence-electron chi connectivity index (χ4n) is 3.38. The van der Waals surface area contributed by atoms with Crippen LogP contribution < -0.4 is 0 Å². The number of benzene rings is 4. The molecule has 0 atom stereocenters. The molecule has 0 saturated heterocycles. The van der Waals surface area contributed by atoms with E-state index in [1.165, 1.54) is 35.9 Å². The van der Waals surface area contributed by atoms with Crippen LogP contribution in [0.15, 0.2) is 71.1 Å². The molecule has 0 fully saturated rings. The number of rotatable bonds is 0. The third-order valence-electron chi connectivity index (χ3n) is 4.31. The fourth-order valence-corrected chi connectivity index (χ4v) is 3.87. The third kappa shape index (κ3) is 1.59. The molecule has 4 aromatic carbocycles. The molecule has 2 heteroatoms. The lowest BCUT2D eigenvalue weighted by atomic mass is 9.97. The Balaban J connectivity index is 2.23. The second kappa shape index (κ2) is 4.46. The summed E-state index contributed by atoms with van der Waals surface area (Å²) in [5, 5.41) is 7.40. The van der Waals surface area contributed by atoms with E-state index >= 15 is 0 Å². The summed E-state index contributed by atoms with van der Waals surface area (Å²) in [6.45, 7) is 0. The maximum absolute atomic E-state index is 6.20. The van der Waals surface area contributed by atoms with E-state index < -0.39 is 0 Å². The predicted octanol–water partition coefficient (Wildman–Crippen LogP) is 6.50. The van der Waals surface area contributed by atoms with Gasteiger partial charge in [-0.15, -0.1) is 0 Å². The summed E-state index contributed by atoms with van der Waals surface area (Å²) in [6, 6.07) is 23.4. The van der Waals surface area contributed by atoms with Gasteiger partial charge in [0, 0.05) is 19.7 Å². The van der Waals surface area contributed by atoms with Crippen molar-refractivity contribution in [2.24, 2.45) is 0 Å². The van der Waals surface area contributed by atoms with E-state index in [0.717, 1.165) is 11.2 Å².